The Bertz CT molecular complexity index is 472. The quantitative estimate of drug-likeness (QED) is 0.723. The lowest BCUT2D eigenvalue weighted by molar-refractivity contribution is 0.0154. The summed E-state index contributed by atoms with van der Waals surface area (Å²) >= 11 is 0. The van der Waals surface area contributed by atoms with E-state index in [-0.39, 0.29) is 12.0 Å². The number of ether oxygens (including phenoxy) is 1. The minimum atomic E-state index is 0.0517. The van der Waals surface area contributed by atoms with Gasteiger partial charge in [-0.1, -0.05) is 0 Å². The van der Waals surface area contributed by atoms with E-state index in [4.69, 9.17) is 4.74 Å². The van der Waals surface area contributed by atoms with Crippen molar-refractivity contribution in [2.24, 2.45) is 5.41 Å². The molecule has 2 N–H and O–H groups in total. The van der Waals surface area contributed by atoms with Crippen LogP contribution in [0.4, 0.5) is 0 Å². The lowest BCUT2D eigenvalue weighted by atomic mass is 9.77. The van der Waals surface area contributed by atoms with Gasteiger partial charge >= 0.3 is 0 Å². The summed E-state index contributed by atoms with van der Waals surface area (Å²) in [6.07, 6.45) is 6.95. The Morgan fingerprint density at radius 1 is 1.50 bits per heavy atom. The summed E-state index contributed by atoms with van der Waals surface area (Å²) in [5, 5.41) is 17.6. The predicted octanol–water partition coefficient (Wildman–Crippen LogP) is 2.29. The fourth-order valence-electron chi connectivity index (χ4n) is 3.74. The predicted molar refractivity (Wildman–Crippen MR) is 85.7 cm³/mol. The molecule has 5 heteroatoms. The summed E-state index contributed by atoms with van der Waals surface area (Å²) in [6, 6.07) is 2.23. The largest absolute Gasteiger partial charge is 0.396 e. The van der Waals surface area contributed by atoms with Crippen LogP contribution in [0.2, 0.25) is 0 Å². The number of aliphatic hydroxyl groups is 1. The molecule has 0 bridgehead atoms. The molecule has 5 nitrogen and oxygen atoms in total. The highest BCUT2D eigenvalue weighted by Gasteiger charge is 2.34. The van der Waals surface area contributed by atoms with Gasteiger partial charge in [0, 0.05) is 50.4 Å². The second-order valence-corrected chi connectivity index (χ2v) is 7.16. The zero-order valence-corrected chi connectivity index (χ0v) is 13.7. The Hall–Kier alpha value is -0.910. The van der Waals surface area contributed by atoms with Crippen LogP contribution in [0.5, 0.6) is 0 Å². The van der Waals surface area contributed by atoms with Crippen LogP contribution < -0.4 is 0 Å². The summed E-state index contributed by atoms with van der Waals surface area (Å²) in [5.41, 5.74) is 2.50. The number of nitrogens with zero attached hydrogens (tertiary/aromatic N) is 2. The number of rotatable bonds is 8. The zero-order valence-electron chi connectivity index (χ0n) is 13.7. The zero-order chi connectivity index (χ0) is 15.4. The van der Waals surface area contributed by atoms with E-state index in [9.17, 15) is 5.11 Å². The highest BCUT2D eigenvalue weighted by Crippen LogP contribution is 2.39. The molecule has 0 unspecified atom stereocenters. The lowest BCUT2D eigenvalue weighted by Gasteiger charge is -2.42. The van der Waals surface area contributed by atoms with E-state index in [1.54, 1.807) is 7.11 Å². The van der Waals surface area contributed by atoms with E-state index in [1.165, 1.54) is 24.2 Å². The molecule has 3 rings (SSSR count). The molecule has 2 heterocycles. The number of hydrogen-bond donors (Lipinski definition) is 2. The van der Waals surface area contributed by atoms with Crippen LogP contribution in [-0.4, -0.2) is 53.6 Å². The highest BCUT2D eigenvalue weighted by atomic mass is 16.5. The van der Waals surface area contributed by atoms with Gasteiger partial charge in [-0.2, -0.15) is 5.10 Å². The average molecular weight is 307 g/mol. The number of likely N-dealkylation sites (tertiary alicyclic amines) is 1. The summed E-state index contributed by atoms with van der Waals surface area (Å²) in [6.45, 7) is 4.08. The van der Waals surface area contributed by atoms with Crippen LogP contribution in [0.1, 0.15) is 55.8 Å². The maximum Gasteiger partial charge on any atom is 0.0656 e. The van der Waals surface area contributed by atoms with E-state index in [0.717, 1.165) is 51.9 Å². The fraction of sp³-hybridized carbons (Fsp3) is 0.824. The number of nitrogens with one attached hydrogen (secondary N) is 1. The molecule has 0 aromatic carbocycles. The molecule has 1 aliphatic carbocycles. The number of piperidine rings is 1. The van der Waals surface area contributed by atoms with Crippen molar-refractivity contribution in [1.29, 1.82) is 0 Å². The fourth-order valence-corrected chi connectivity index (χ4v) is 3.74. The Kier molecular flexibility index (Phi) is 5.16. The normalized spacial score (nSPS) is 26.5. The number of aromatic amines is 1. The Morgan fingerprint density at radius 2 is 2.36 bits per heavy atom. The maximum absolute atomic E-state index is 9.92. The molecule has 1 aromatic heterocycles. The van der Waals surface area contributed by atoms with E-state index in [1.807, 2.05) is 0 Å². The molecule has 0 amide bonds. The van der Waals surface area contributed by atoms with Gasteiger partial charge in [-0.3, -0.25) is 10.00 Å². The van der Waals surface area contributed by atoms with Gasteiger partial charge in [0.2, 0.25) is 0 Å². The van der Waals surface area contributed by atoms with Crippen molar-refractivity contribution in [2.75, 3.05) is 33.4 Å². The highest BCUT2D eigenvalue weighted by molar-refractivity contribution is 5.17. The standard InChI is InChI=1S/C17H29N3O2/c1-22-9-3-7-17(13-21)6-2-8-20(12-17)11-15-10-16(19-18-15)14-4-5-14/h10,14,21H,2-9,11-13H2,1H3,(H,18,19)/t17-/m1/s1. The number of aliphatic hydroxyl groups excluding tert-OH is 1. The van der Waals surface area contributed by atoms with Crippen molar-refractivity contribution in [3.63, 3.8) is 0 Å². The van der Waals surface area contributed by atoms with Gasteiger partial charge in [0.15, 0.2) is 0 Å². The van der Waals surface area contributed by atoms with Gasteiger partial charge in [0.05, 0.1) is 5.69 Å². The van der Waals surface area contributed by atoms with E-state index < -0.39 is 0 Å². The van der Waals surface area contributed by atoms with Crippen LogP contribution in [0.3, 0.4) is 0 Å². The van der Waals surface area contributed by atoms with Gasteiger partial charge in [-0.15, -0.1) is 0 Å². The summed E-state index contributed by atoms with van der Waals surface area (Å²) in [7, 11) is 1.74. The van der Waals surface area contributed by atoms with Crippen LogP contribution in [0, 0.1) is 5.41 Å². The first-order valence-corrected chi connectivity index (χ1v) is 8.61. The number of methoxy groups -OCH3 is 1. The van der Waals surface area contributed by atoms with Crippen LogP contribution in [0.25, 0.3) is 0 Å². The Morgan fingerprint density at radius 3 is 3.09 bits per heavy atom. The van der Waals surface area contributed by atoms with Crippen molar-refractivity contribution in [3.05, 3.63) is 17.5 Å². The Balaban J connectivity index is 1.56. The van der Waals surface area contributed by atoms with Crippen LogP contribution in [0.15, 0.2) is 6.07 Å². The van der Waals surface area contributed by atoms with Crippen molar-refractivity contribution in [1.82, 2.24) is 15.1 Å². The smallest absolute Gasteiger partial charge is 0.0656 e. The monoisotopic (exact) mass is 307 g/mol. The number of aromatic nitrogens is 2. The van der Waals surface area contributed by atoms with Crippen molar-refractivity contribution < 1.29 is 9.84 Å². The molecule has 22 heavy (non-hydrogen) atoms. The van der Waals surface area contributed by atoms with Crippen molar-refractivity contribution in [2.45, 2.75) is 51.0 Å². The maximum atomic E-state index is 9.92. The third-order valence-electron chi connectivity index (χ3n) is 5.17. The van der Waals surface area contributed by atoms with Crippen molar-refractivity contribution in [3.8, 4) is 0 Å². The Labute approximate surface area is 133 Å². The minimum absolute atomic E-state index is 0.0517. The molecule has 124 valence electrons. The number of H-pyrrole nitrogens is 1. The van der Waals surface area contributed by atoms with Crippen molar-refractivity contribution >= 4 is 0 Å². The minimum Gasteiger partial charge on any atom is -0.396 e. The third-order valence-corrected chi connectivity index (χ3v) is 5.17. The van der Waals surface area contributed by atoms with E-state index in [2.05, 4.69) is 21.2 Å². The van der Waals surface area contributed by atoms with Crippen LogP contribution in [-0.2, 0) is 11.3 Å². The first kappa shape index (κ1) is 16.0. The summed E-state index contributed by atoms with van der Waals surface area (Å²) in [5.74, 6) is 0.705. The second kappa shape index (κ2) is 7.11. The summed E-state index contributed by atoms with van der Waals surface area (Å²) in [4.78, 5) is 2.47. The molecule has 1 atom stereocenters. The van der Waals surface area contributed by atoms with Gasteiger partial charge in [-0.05, 0) is 51.1 Å². The molecule has 0 radical (unpaired) electrons. The van der Waals surface area contributed by atoms with E-state index in [0.29, 0.717) is 5.92 Å². The summed E-state index contributed by atoms with van der Waals surface area (Å²) < 4.78 is 5.17. The lowest BCUT2D eigenvalue weighted by Crippen LogP contribution is -2.45. The van der Waals surface area contributed by atoms with E-state index >= 15 is 0 Å². The topological polar surface area (TPSA) is 61.4 Å². The molecule has 0 spiro atoms. The second-order valence-electron chi connectivity index (χ2n) is 7.16. The van der Waals surface area contributed by atoms with Gasteiger partial charge in [0.25, 0.3) is 0 Å². The third kappa shape index (κ3) is 3.89. The molecular weight excluding hydrogens is 278 g/mol. The molecule has 1 aliphatic heterocycles. The SMILES string of the molecule is COCCC[C@]1(CO)CCCN(Cc2cc(C3CC3)n[nH]2)C1. The van der Waals surface area contributed by atoms with Gasteiger partial charge in [0.1, 0.15) is 0 Å². The average Bonchev–Trinajstić information content (AvgIpc) is 3.28. The van der Waals surface area contributed by atoms with Crippen LogP contribution >= 0.6 is 0 Å². The van der Waals surface area contributed by atoms with Gasteiger partial charge in [-0.25, -0.2) is 0 Å². The van der Waals surface area contributed by atoms with Gasteiger partial charge < -0.3 is 9.84 Å². The molecule has 1 saturated carbocycles. The molecule has 1 saturated heterocycles. The molecule has 1 aromatic rings. The number of hydrogen-bond acceptors (Lipinski definition) is 4. The molecule has 2 fully saturated rings. The molecule has 2 aliphatic rings. The first-order valence-electron chi connectivity index (χ1n) is 8.61. The molecular formula is C17H29N3O2. The first-order chi connectivity index (χ1) is 10.7.